The van der Waals surface area contributed by atoms with E-state index in [1.165, 1.54) is 0 Å². The molecule has 0 aliphatic heterocycles. The molecule has 0 saturated heterocycles. The van der Waals surface area contributed by atoms with Gasteiger partial charge < -0.3 is 10.5 Å². The van der Waals surface area contributed by atoms with Crippen LogP contribution in [0.5, 0.6) is 0 Å². The first-order chi connectivity index (χ1) is 3.81. The summed E-state index contributed by atoms with van der Waals surface area (Å²) in [5.41, 5.74) is 5.37. The molecule has 0 bridgehead atoms. The Hall–Kier alpha value is -0.120. The van der Waals surface area contributed by atoms with Crippen LogP contribution in [0.1, 0.15) is 6.42 Å². The summed E-state index contributed by atoms with van der Waals surface area (Å²) in [5.74, 6) is 0. The summed E-state index contributed by atoms with van der Waals surface area (Å²) in [5, 5.41) is 9.88. The number of ether oxygens (including phenoxy) is 1. The summed E-state index contributed by atoms with van der Waals surface area (Å²) in [7, 11) is 1.57. The summed E-state index contributed by atoms with van der Waals surface area (Å²) in [6, 6.07) is -0.0718. The van der Waals surface area contributed by atoms with Crippen LogP contribution >= 0.6 is 0 Å². The molecule has 0 aromatic heterocycles. The summed E-state index contributed by atoms with van der Waals surface area (Å²) < 4.78 is 4.69. The highest BCUT2D eigenvalue weighted by Crippen LogP contribution is 1.85. The predicted molar refractivity (Wildman–Crippen MR) is 30.0 cm³/mol. The van der Waals surface area contributed by atoms with Crippen molar-refractivity contribution in [2.75, 3.05) is 20.3 Å². The summed E-state index contributed by atoms with van der Waals surface area (Å²) in [6.07, 6.45) is 0.508. The fourth-order valence-corrected chi connectivity index (χ4v) is 0.449. The Bertz CT molecular complexity index is 43.7. The standard InChI is InChI=1S/C5H12NO2/c1-8-4-5(6)2-3-7/h5H,2-4,6H2,1H3. The van der Waals surface area contributed by atoms with Gasteiger partial charge in [-0.05, 0) is 6.42 Å². The van der Waals surface area contributed by atoms with Crippen molar-refractivity contribution in [3.05, 3.63) is 0 Å². The molecule has 0 aliphatic carbocycles. The van der Waals surface area contributed by atoms with Gasteiger partial charge in [0.2, 0.25) is 0 Å². The van der Waals surface area contributed by atoms with Gasteiger partial charge in [-0.3, -0.25) is 0 Å². The van der Waals surface area contributed by atoms with Crippen LogP contribution in [0.2, 0.25) is 0 Å². The van der Waals surface area contributed by atoms with Crippen molar-refractivity contribution in [3.8, 4) is 0 Å². The lowest BCUT2D eigenvalue weighted by molar-refractivity contribution is 0.141. The van der Waals surface area contributed by atoms with E-state index >= 15 is 0 Å². The lowest BCUT2D eigenvalue weighted by Gasteiger charge is -2.05. The average Bonchev–Trinajstić information content (AvgIpc) is 1.68. The fourth-order valence-electron chi connectivity index (χ4n) is 0.449. The molecule has 0 aliphatic rings. The third-order valence-corrected chi connectivity index (χ3v) is 0.869. The Balaban J connectivity index is 2.92. The van der Waals surface area contributed by atoms with Crippen LogP contribution in [0, 0.1) is 0 Å². The van der Waals surface area contributed by atoms with Crippen LogP contribution in [0.15, 0.2) is 0 Å². The van der Waals surface area contributed by atoms with Crippen molar-refractivity contribution < 1.29 is 9.84 Å². The number of nitrogens with two attached hydrogens (primary N) is 1. The van der Waals surface area contributed by atoms with E-state index in [1.54, 1.807) is 7.11 Å². The molecule has 0 amide bonds. The van der Waals surface area contributed by atoms with Crippen LogP contribution in [0.25, 0.3) is 0 Å². The van der Waals surface area contributed by atoms with Crippen LogP contribution in [-0.4, -0.2) is 26.4 Å². The van der Waals surface area contributed by atoms with E-state index in [9.17, 15) is 5.11 Å². The van der Waals surface area contributed by atoms with E-state index in [-0.39, 0.29) is 12.6 Å². The van der Waals surface area contributed by atoms with E-state index in [0.29, 0.717) is 13.0 Å². The Morgan fingerprint density at radius 3 is 2.75 bits per heavy atom. The smallest absolute Gasteiger partial charge is 0.0838 e. The maximum Gasteiger partial charge on any atom is 0.0838 e. The second kappa shape index (κ2) is 5.03. The first kappa shape index (κ1) is 7.88. The van der Waals surface area contributed by atoms with E-state index in [2.05, 4.69) is 0 Å². The summed E-state index contributed by atoms with van der Waals surface area (Å²) >= 11 is 0. The first-order valence-corrected chi connectivity index (χ1v) is 2.64. The SMILES string of the molecule is COCC(N)CC[O]. The van der Waals surface area contributed by atoms with Gasteiger partial charge in [0.05, 0.1) is 13.2 Å². The quantitative estimate of drug-likeness (QED) is 0.555. The number of hydrogen-bond donors (Lipinski definition) is 1. The maximum atomic E-state index is 9.88. The molecule has 1 radical (unpaired) electrons. The topological polar surface area (TPSA) is 55.1 Å². The van der Waals surface area contributed by atoms with Gasteiger partial charge in [0.1, 0.15) is 0 Å². The molecule has 0 rings (SSSR count). The second-order valence-corrected chi connectivity index (χ2v) is 1.71. The lowest BCUT2D eigenvalue weighted by atomic mass is 10.2. The van der Waals surface area contributed by atoms with Crippen molar-refractivity contribution in [1.29, 1.82) is 0 Å². The molecule has 3 heteroatoms. The molecule has 0 aromatic carbocycles. The molecule has 1 atom stereocenters. The number of methoxy groups -OCH3 is 1. The summed E-state index contributed by atoms with van der Waals surface area (Å²) in [4.78, 5) is 0. The minimum atomic E-state index is -0.107. The van der Waals surface area contributed by atoms with Crippen molar-refractivity contribution >= 4 is 0 Å². The van der Waals surface area contributed by atoms with Crippen LogP contribution < -0.4 is 5.73 Å². The Labute approximate surface area is 49.4 Å². The van der Waals surface area contributed by atoms with Crippen LogP contribution in [0.4, 0.5) is 0 Å². The van der Waals surface area contributed by atoms with Gasteiger partial charge in [0.15, 0.2) is 0 Å². The van der Waals surface area contributed by atoms with Crippen LogP contribution in [-0.2, 0) is 9.84 Å². The molecule has 0 fully saturated rings. The van der Waals surface area contributed by atoms with E-state index < -0.39 is 0 Å². The molecular formula is C5H12NO2. The highest BCUT2D eigenvalue weighted by molar-refractivity contribution is 4.56. The third-order valence-electron chi connectivity index (χ3n) is 0.869. The second-order valence-electron chi connectivity index (χ2n) is 1.71. The number of rotatable bonds is 4. The van der Waals surface area contributed by atoms with Crippen molar-refractivity contribution in [1.82, 2.24) is 0 Å². The van der Waals surface area contributed by atoms with Gasteiger partial charge in [-0.15, -0.1) is 0 Å². The largest absolute Gasteiger partial charge is 0.383 e. The highest BCUT2D eigenvalue weighted by Gasteiger charge is 1.98. The fraction of sp³-hybridized carbons (Fsp3) is 1.00. The number of hydrogen-bond acceptors (Lipinski definition) is 2. The third kappa shape index (κ3) is 4.05. The van der Waals surface area contributed by atoms with E-state index in [4.69, 9.17) is 10.5 Å². The van der Waals surface area contributed by atoms with Gasteiger partial charge in [-0.1, -0.05) is 0 Å². The predicted octanol–water partition coefficient (Wildman–Crippen LogP) is -0.219. The molecule has 2 N–H and O–H groups in total. The zero-order valence-electron chi connectivity index (χ0n) is 5.09. The van der Waals surface area contributed by atoms with Gasteiger partial charge in [-0.2, -0.15) is 0 Å². The van der Waals surface area contributed by atoms with Gasteiger partial charge >= 0.3 is 0 Å². The van der Waals surface area contributed by atoms with Crippen molar-refractivity contribution in [2.24, 2.45) is 5.73 Å². The van der Waals surface area contributed by atoms with Crippen molar-refractivity contribution in [3.63, 3.8) is 0 Å². The van der Waals surface area contributed by atoms with Gasteiger partial charge in [-0.25, -0.2) is 5.11 Å². The zero-order valence-corrected chi connectivity index (χ0v) is 5.09. The molecule has 0 saturated carbocycles. The van der Waals surface area contributed by atoms with Gasteiger partial charge in [0, 0.05) is 13.2 Å². The molecule has 0 spiro atoms. The molecule has 8 heavy (non-hydrogen) atoms. The molecule has 1 unspecified atom stereocenters. The lowest BCUT2D eigenvalue weighted by Crippen LogP contribution is -2.26. The normalized spacial score (nSPS) is 13.9. The molecule has 49 valence electrons. The Morgan fingerprint density at radius 1 is 1.75 bits per heavy atom. The molecule has 0 aromatic rings. The Morgan fingerprint density at radius 2 is 2.38 bits per heavy atom. The van der Waals surface area contributed by atoms with E-state index in [0.717, 1.165) is 0 Å². The average molecular weight is 118 g/mol. The monoisotopic (exact) mass is 118 g/mol. The molecule has 3 nitrogen and oxygen atoms in total. The Kier molecular flexibility index (Phi) is 4.95. The minimum Gasteiger partial charge on any atom is -0.383 e. The maximum absolute atomic E-state index is 9.88. The summed E-state index contributed by atoms with van der Waals surface area (Å²) in [6.45, 7) is 0.382. The van der Waals surface area contributed by atoms with Crippen molar-refractivity contribution in [2.45, 2.75) is 12.5 Å². The first-order valence-electron chi connectivity index (χ1n) is 2.64. The van der Waals surface area contributed by atoms with Crippen LogP contribution in [0.3, 0.4) is 0 Å². The highest BCUT2D eigenvalue weighted by atomic mass is 16.5. The molecular weight excluding hydrogens is 106 g/mol. The zero-order chi connectivity index (χ0) is 6.41. The van der Waals surface area contributed by atoms with E-state index in [1.807, 2.05) is 0 Å². The minimum absolute atomic E-state index is 0.0718. The molecule has 0 heterocycles. The van der Waals surface area contributed by atoms with Gasteiger partial charge in [0.25, 0.3) is 0 Å².